The lowest BCUT2D eigenvalue weighted by Crippen LogP contribution is -2.41. The van der Waals surface area contributed by atoms with Crippen molar-refractivity contribution in [2.45, 2.75) is 31.7 Å². The van der Waals surface area contributed by atoms with E-state index in [4.69, 9.17) is 9.47 Å². The molecular formula is C28H32N2O3. The van der Waals surface area contributed by atoms with E-state index in [2.05, 4.69) is 28.0 Å². The molecule has 0 bridgehead atoms. The number of piperidine rings is 1. The van der Waals surface area contributed by atoms with Gasteiger partial charge in [-0.05, 0) is 72.5 Å². The molecule has 2 aliphatic rings. The van der Waals surface area contributed by atoms with Crippen molar-refractivity contribution < 1.29 is 14.3 Å². The molecule has 2 saturated heterocycles. The van der Waals surface area contributed by atoms with Crippen molar-refractivity contribution in [3.63, 3.8) is 0 Å². The summed E-state index contributed by atoms with van der Waals surface area (Å²) in [6.07, 6.45) is 4.98. The first kappa shape index (κ1) is 21.8. The fourth-order valence-corrected chi connectivity index (χ4v) is 5.42. The minimum atomic E-state index is 0.143. The number of ether oxygens (including phenoxy) is 2. The van der Waals surface area contributed by atoms with Crippen LogP contribution in [0.5, 0.6) is 11.5 Å². The van der Waals surface area contributed by atoms with E-state index < -0.39 is 0 Å². The minimum Gasteiger partial charge on any atom is -0.493 e. The van der Waals surface area contributed by atoms with Crippen molar-refractivity contribution in [2.75, 3.05) is 40.4 Å². The van der Waals surface area contributed by atoms with Crippen LogP contribution in [0.2, 0.25) is 0 Å². The van der Waals surface area contributed by atoms with Crippen molar-refractivity contribution in [3.05, 3.63) is 60.2 Å². The predicted octanol–water partition coefficient (Wildman–Crippen LogP) is 5.22. The van der Waals surface area contributed by atoms with E-state index in [9.17, 15) is 4.79 Å². The number of hydrogen-bond acceptors (Lipinski definition) is 4. The zero-order valence-corrected chi connectivity index (χ0v) is 19.5. The molecular weight excluding hydrogens is 412 g/mol. The van der Waals surface area contributed by atoms with E-state index >= 15 is 0 Å². The largest absolute Gasteiger partial charge is 0.493 e. The van der Waals surface area contributed by atoms with Crippen molar-refractivity contribution >= 4 is 16.7 Å². The number of fused-ring (bicyclic) bond motifs is 1. The van der Waals surface area contributed by atoms with Crippen molar-refractivity contribution in [3.8, 4) is 22.6 Å². The highest BCUT2D eigenvalue weighted by atomic mass is 16.5. The molecule has 0 aliphatic carbocycles. The smallest absolute Gasteiger partial charge is 0.254 e. The molecule has 2 aliphatic heterocycles. The highest BCUT2D eigenvalue weighted by molar-refractivity contribution is 6.11. The Morgan fingerprint density at radius 2 is 1.61 bits per heavy atom. The molecule has 5 heteroatoms. The highest BCUT2D eigenvalue weighted by Crippen LogP contribution is 2.37. The Labute approximate surface area is 195 Å². The Balaban J connectivity index is 1.45. The molecule has 2 heterocycles. The van der Waals surface area contributed by atoms with Gasteiger partial charge in [0.05, 0.1) is 14.2 Å². The Hall–Kier alpha value is -3.05. The predicted molar refractivity (Wildman–Crippen MR) is 132 cm³/mol. The Bertz CT molecular complexity index is 1150. The van der Waals surface area contributed by atoms with Crippen LogP contribution in [-0.2, 0) is 0 Å². The average molecular weight is 445 g/mol. The maximum atomic E-state index is 13.6. The van der Waals surface area contributed by atoms with Gasteiger partial charge in [-0.2, -0.15) is 0 Å². The van der Waals surface area contributed by atoms with Gasteiger partial charge in [-0.25, -0.2) is 0 Å². The zero-order valence-electron chi connectivity index (χ0n) is 19.5. The summed E-state index contributed by atoms with van der Waals surface area (Å²) in [5.41, 5.74) is 2.90. The SMILES string of the molecule is COc1ccc(-c2ccc(C(=O)N3CCC(N4CCCCC4)C3)c3ccccc23)cc1OC. The molecule has 3 aromatic carbocycles. The lowest BCUT2D eigenvalue weighted by atomic mass is 9.94. The van der Waals surface area contributed by atoms with Crippen LogP contribution in [0.25, 0.3) is 21.9 Å². The van der Waals surface area contributed by atoms with Crippen molar-refractivity contribution in [1.82, 2.24) is 9.80 Å². The van der Waals surface area contributed by atoms with Gasteiger partial charge in [0, 0.05) is 24.7 Å². The first-order chi connectivity index (χ1) is 16.2. The van der Waals surface area contributed by atoms with Crippen LogP contribution in [0, 0.1) is 0 Å². The molecule has 3 aromatic rings. The van der Waals surface area contributed by atoms with Gasteiger partial charge in [-0.15, -0.1) is 0 Å². The van der Waals surface area contributed by atoms with Crippen LogP contribution >= 0.6 is 0 Å². The number of carbonyl (C=O) groups is 1. The second-order valence-corrected chi connectivity index (χ2v) is 9.07. The monoisotopic (exact) mass is 444 g/mol. The number of carbonyl (C=O) groups excluding carboxylic acids is 1. The third-order valence-electron chi connectivity index (χ3n) is 7.21. The molecule has 0 saturated carbocycles. The number of benzene rings is 3. The number of likely N-dealkylation sites (tertiary alicyclic amines) is 2. The number of hydrogen-bond donors (Lipinski definition) is 0. The molecule has 172 valence electrons. The maximum absolute atomic E-state index is 13.6. The molecule has 33 heavy (non-hydrogen) atoms. The molecule has 2 fully saturated rings. The summed E-state index contributed by atoms with van der Waals surface area (Å²) in [6.45, 7) is 4.03. The van der Waals surface area contributed by atoms with E-state index in [1.165, 1.54) is 32.4 Å². The van der Waals surface area contributed by atoms with E-state index in [0.717, 1.165) is 47.0 Å². The summed E-state index contributed by atoms with van der Waals surface area (Å²) in [6, 6.07) is 18.7. The lowest BCUT2D eigenvalue weighted by molar-refractivity contribution is 0.0773. The van der Waals surface area contributed by atoms with Gasteiger partial charge in [-0.1, -0.05) is 42.8 Å². The number of methoxy groups -OCH3 is 2. The van der Waals surface area contributed by atoms with Gasteiger partial charge in [0.2, 0.25) is 0 Å². The standard InChI is InChI=1S/C28H32N2O3/c1-32-26-13-10-20(18-27(26)33-2)22-11-12-25(24-9-5-4-8-23(22)24)28(31)30-17-14-21(19-30)29-15-6-3-7-16-29/h4-5,8-13,18,21H,3,6-7,14-17,19H2,1-2H3. The number of nitrogens with zero attached hydrogens (tertiary/aromatic N) is 2. The van der Waals surface area contributed by atoms with E-state index in [0.29, 0.717) is 17.5 Å². The van der Waals surface area contributed by atoms with Crippen LogP contribution in [0.4, 0.5) is 0 Å². The van der Waals surface area contributed by atoms with Crippen LogP contribution in [-0.4, -0.2) is 62.1 Å². The van der Waals surface area contributed by atoms with Crippen molar-refractivity contribution in [2.24, 2.45) is 0 Å². The van der Waals surface area contributed by atoms with Crippen LogP contribution in [0.3, 0.4) is 0 Å². The normalized spacial score (nSPS) is 19.1. The molecule has 0 aromatic heterocycles. The first-order valence-electron chi connectivity index (χ1n) is 12.0. The van der Waals surface area contributed by atoms with Gasteiger partial charge in [0.15, 0.2) is 11.5 Å². The maximum Gasteiger partial charge on any atom is 0.254 e. The molecule has 1 atom stereocenters. The Kier molecular flexibility index (Phi) is 6.23. The van der Waals surface area contributed by atoms with Crippen molar-refractivity contribution in [1.29, 1.82) is 0 Å². The van der Waals surface area contributed by atoms with Crippen LogP contribution in [0.1, 0.15) is 36.0 Å². The van der Waals surface area contributed by atoms with Gasteiger partial charge < -0.3 is 14.4 Å². The van der Waals surface area contributed by atoms with E-state index in [1.54, 1.807) is 14.2 Å². The van der Waals surface area contributed by atoms with Gasteiger partial charge in [-0.3, -0.25) is 9.69 Å². The second kappa shape index (κ2) is 9.44. The fraction of sp³-hybridized carbons (Fsp3) is 0.393. The molecule has 5 rings (SSSR count). The molecule has 0 radical (unpaired) electrons. The average Bonchev–Trinajstić information content (AvgIpc) is 3.38. The van der Waals surface area contributed by atoms with Gasteiger partial charge in [0.1, 0.15) is 0 Å². The lowest BCUT2D eigenvalue weighted by Gasteiger charge is -2.32. The molecule has 0 spiro atoms. The Morgan fingerprint density at radius 3 is 2.36 bits per heavy atom. The zero-order chi connectivity index (χ0) is 22.8. The summed E-state index contributed by atoms with van der Waals surface area (Å²) in [5.74, 6) is 1.54. The molecule has 1 amide bonds. The third-order valence-corrected chi connectivity index (χ3v) is 7.21. The van der Waals surface area contributed by atoms with Crippen LogP contribution in [0.15, 0.2) is 54.6 Å². The number of rotatable bonds is 5. The van der Waals surface area contributed by atoms with Gasteiger partial charge >= 0.3 is 0 Å². The number of amides is 1. The van der Waals surface area contributed by atoms with E-state index in [1.807, 2.05) is 36.4 Å². The quantitative estimate of drug-likeness (QED) is 0.541. The molecule has 1 unspecified atom stereocenters. The van der Waals surface area contributed by atoms with Crippen LogP contribution < -0.4 is 9.47 Å². The minimum absolute atomic E-state index is 0.143. The fourth-order valence-electron chi connectivity index (χ4n) is 5.42. The Morgan fingerprint density at radius 1 is 0.848 bits per heavy atom. The highest BCUT2D eigenvalue weighted by Gasteiger charge is 2.32. The summed E-state index contributed by atoms with van der Waals surface area (Å²) < 4.78 is 10.9. The summed E-state index contributed by atoms with van der Waals surface area (Å²) in [4.78, 5) is 18.2. The first-order valence-corrected chi connectivity index (χ1v) is 12.0. The topological polar surface area (TPSA) is 42.0 Å². The summed E-state index contributed by atoms with van der Waals surface area (Å²) in [7, 11) is 3.29. The van der Waals surface area contributed by atoms with Gasteiger partial charge in [0.25, 0.3) is 5.91 Å². The third kappa shape index (κ3) is 4.18. The summed E-state index contributed by atoms with van der Waals surface area (Å²) in [5, 5.41) is 2.07. The molecule has 5 nitrogen and oxygen atoms in total. The van der Waals surface area contributed by atoms with E-state index in [-0.39, 0.29) is 5.91 Å². The summed E-state index contributed by atoms with van der Waals surface area (Å²) >= 11 is 0. The second-order valence-electron chi connectivity index (χ2n) is 9.07. The molecule has 0 N–H and O–H groups in total.